The van der Waals surface area contributed by atoms with Crippen molar-refractivity contribution < 1.29 is 27.5 Å². The van der Waals surface area contributed by atoms with Crippen LogP contribution in [0.25, 0.3) is 0 Å². The van der Waals surface area contributed by atoms with Crippen LogP contribution < -0.4 is 14.8 Å². The summed E-state index contributed by atoms with van der Waals surface area (Å²) < 4.78 is 39.0. The average Bonchev–Trinajstić information content (AvgIpc) is 2.82. The summed E-state index contributed by atoms with van der Waals surface area (Å²) in [7, 11) is -4.00. The van der Waals surface area contributed by atoms with Crippen LogP contribution in [0.4, 0.5) is 5.69 Å². The zero-order chi connectivity index (χ0) is 25.4. The molecule has 8 nitrogen and oxygen atoms in total. The van der Waals surface area contributed by atoms with E-state index in [1.807, 2.05) is 0 Å². The first-order chi connectivity index (χ1) is 16.7. The van der Waals surface area contributed by atoms with Gasteiger partial charge in [-0.1, -0.05) is 35.3 Å². The highest BCUT2D eigenvalue weighted by molar-refractivity contribution is 7.92. The van der Waals surface area contributed by atoms with Crippen molar-refractivity contribution >= 4 is 50.8 Å². The zero-order valence-corrected chi connectivity index (χ0v) is 20.9. The monoisotopic (exact) mass is 536 g/mol. The Bertz CT molecular complexity index is 1310. The fraction of sp³-hybridized carbons (Fsp3) is 0.167. The lowest BCUT2D eigenvalue weighted by Gasteiger charge is -2.14. The van der Waals surface area contributed by atoms with E-state index < -0.39 is 21.9 Å². The standard InChI is InChI=1S/C24H22Cl2N2O6S/c1-2-33-23(29)13-14-27-24(30)16-7-10-18(11-8-16)35(31,32)28-20-5-3-4-6-22(20)34-21-12-9-17(25)15-19(21)26/h3-12,15,28H,2,13-14H2,1H3,(H,27,30). The van der Waals surface area contributed by atoms with Crippen molar-refractivity contribution in [2.45, 2.75) is 18.2 Å². The number of hydrogen-bond donors (Lipinski definition) is 2. The molecule has 0 aliphatic rings. The Morgan fingerprint density at radius 2 is 1.66 bits per heavy atom. The third-order valence-corrected chi connectivity index (χ3v) is 6.50. The number of sulfonamides is 1. The summed E-state index contributed by atoms with van der Waals surface area (Å²) >= 11 is 12.1. The number of rotatable bonds is 10. The maximum Gasteiger partial charge on any atom is 0.307 e. The van der Waals surface area contributed by atoms with E-state index in [-0.39, 0.29) is 46.5 Å². The minimum atomic E-state index is -4.00. The summed E-state index contributed by atoms with van der Waals surface area (Å²) in [5, 5.41) is 3.29. The van der Waals surface area contributed by atoms with Crippen molar-refractivity contribution in [3.05, 3.63) is 82.3 Å². The third-order valence-electron chi connectivity index (χ3n) is 4.59. The zero-order valence-electron chi connectivity index (χ0n) is 18.6. The van der Waals surface area contributed by atoms with Crippen LogP contribution in [0.1, 0.15) is 23.7 Å². The van der Waals surface area contributed by atoms with Crippen LogP contribution in [0, 0.1) is 0 Å². The molecule has 0 radical (unpaired) electrons. The van der Waals surface area contributed by atoms with Crippen LogP contribution in [0.3, 0.4) is 0 Å². The molecule has 2 N–H and O–H groups in total. The predicted octanol–water partition coefficient (Wildman–Crippen LogP) is 5.27. The highest BCUT2D eigenvalue weighted by Crippen LogP contribution is 2.35. The van der Waals surface area contributed by atoms with Gasteiger partial charge in [0.15, 0.2) is 5.75 Å². The van der Waals surface area contributed by atoms with Gasteiger partial charge >= 0.3 is 5.97 Å². The fourth-order valence-corrected chi connectivity index (χ4v) is 4.44. The van der Waals surface area contributed by atoms with Crippen molar-refractivity contribution in [2.24, 2.45) is 0 Å². The normalized spacial score (nSPS) is 10.9. The lowest BCUT2D eigenvalue weighted by Crippen LogP contribution is -2.26. The Morgan fingerprint density at radius 3 is 2.34 bits per heavy atom. The van der Waals surface area contributed by atoms with E-state index in [1.54, 1.807) is 43.3 Å². The first kappa shape index (κ1) is 26.3. The van der Waals surface area contributed by atoms with Crippen molar-refractivity contribution in [2.75, 3.05) is 17.9 Å². The number of halogens is 2. The van der Waals surface area contributed by atoms with Crippen LogP contribution in [0.5, 0.6) is 11.5 Å². The van der Waals surface area contributed by atoms with E-state index in [4.69, 9.17) is 32.7 Å². The number of para-hydroxylation sites is 2. The molecule has 1 amide bonds. The molecule has 0 bridgehead atoms. The molecule has 0 aromatic heterocycles. The van der Waals surface area contributed by atoms with Crippen LogP contribution in [0.15, 0.2) is 71.6 Å². The molecule has 0 aliphatic heterocycles. The van der Waals surface area contributed by atoms with Gasteiger partial charge in [0, 0.05) is 17.1 Å². The number of carbonyl (C=O) groups is 2. The first-order valence-corrected chi connectivity index (χ1v) is 12.7. The Kier molecular flexibility index (Phi) is 8.97. The maximum absolute atomic E-state index is 12.9. The highest BCUT2D eigenvalue weighted by Gasteiger charge is 2.18. The number of anilines is 1. The number of amides is 1. The molecule has 11 heteroatoms. The molecule has 0 fully saturated rings. The van der Waals surface area contributed by atoms with E-state index in [0.717, 1.165) is 0 Å². The lowest BCUT2D eigenvalue weighted by molar-refractivity contribution is -0.142. The van der Waals surface area contributed by atoms with E-state index in [1.165, 1.54) is 30.3 Å². The number of carbonyl (C=O) groups excluding carboxylic acids is 2. The second-order valence-corrected chi connectivity index (χ2v) is 9.64. The molecule has 0 heterocycles. The molecule has 0 saturated carbocycles. The van der Waals surface area contributed by atoms with E-state index >= 15 is 0 Å². The summed E-state index contributed by atoms with van der Waals surface area (Å²) in [5.41, 5.74) is 0.438. The smallest absolute Gasteiger partial charge is 0.307 e. The summed E-state index contributed by atoms with van der Waals surface area (Å²) in [4.78, 5) is 23.5. The van der Waals surface area contributed by atoms with Gasteiger partial charge in [-0.2, -0.15) is 0 Å². The molecule has 0 aliphatic carbocycles. The molecule has 0 atom stereocenters. The van der Waals surface area contributed by atoms with Crippen LogP contribution in [0.2, 0.25) is 10.0 Å². The largest absolute Gasteiger partial charge is 0.466 e. The second kappa shape index (κ2) is 11.9. The molecule has 3 aromatic carbocycles. The van der Waals surface area contributed by atoms with Gasteiger partial charge in [-0.05, 0) is 61.5 Å². The average molecular weight is 537 g/mol. The number of ether oxygens (including phenoxy) is 2. The molecule has 184 valence electrons. The van der Waals surface area contributed by atoms with Gasteiger partial charge in [0.1, 0.15) is 5.75 Å². The van der Waals surface area contributed by atoms with Gasteiger partial charge in [0.05, 0.1) is 28.6 Å². The Labute approximate surface area is 213 Å². The molecular formula is C24H22Cl2N2O6S. The van der Waals surface area contributed by atoms with Crippen LogP contribution in [-0.2, 0) is 19.6 Å². The summed E-state index contributed by atoms with van der Waals surface area (Å²) in [5.74, 6) is -0.313. The van der Waals surface area contributed by atoms with E-state index in [0.29, 0.717) is 10.8 Å². The van der Waals surface area contributed by atoms with Gasteiger partial charge in [-0.15, -0.1) is 0 Å². The lowest BCUT2D eigenvalue weighted by atomic mass is 10.2. The summed E-state index contributed by atoms with van der Waals surface area (Å²) in [6.07, 6.45) is 0.0404. The van der Waals surface area contributed by atoms with Crippen LogP contribution >= 0.6 is 23.2 Å². The maximum atomic E-state index is 12.9. The van der Waals surface area contributed by atoms with Gasteiger partial charge in [-0.3, -0.25) is 14.3 Å². The van der Waals surface area contributed by atoms with Crippen molar-refractivity contribution in [1.82, 2.24) is 5.32 Å². The quantitative estimate of drug-likeness (QED) is 0.341. The number of esters is 1. The SMILES string of the molecule is CCOC(=O)CCNC(=O)c1ccc(S(=O)(=O)Nc2ccccc2Oc2ccc(Cl)cc2Cl)cc1. The Morgan fingerprint density at radius 1 is 0.943 bits per heavy atom. The van der Waals surface area contributed by atoms with Crippen molar-refractivity contribution in [3.63, 3.8) is 0 Å². The Balaban J connectivity index is 1.69. The first-order valence-electron chi connectivity index (χ1n) is 10.5. The number of hydrogen-bond acceptors (Lipinski definition) is 6. The van der Waals surface area contributed by atoms with Gasteiger partial charge in [0.2, 0.25) is 0 Å². The number of nitrogens with one attached hydrogen (secondary N) is 2. The minimum absolute atomic E-state index is 0.0404. The van der Waals surface area contributed by atoms with Gasteiger partial charge in [0.25, 0.3) is 15.9 Å². The molecule has 0 spiro atoms. The van der Waals surface area contributed by atoms with E-state index in [2.05, 4.69) is 10.0 Å². The third kappa shape index (κ3) is 7.35. The van der Waals surface area contributed by atoms with Crippen molar-refractivity contribution in [3.8, 4) is 11.5 Å². The molecule has 35 heavy (non-hydrogen) atoms. The topological polar surface area (TPSA) is 111 Å². The van der Waals surface area contributed by atoms with Gasteiger partial charge in [-0.25, -0.2) is 8.42 Å². The fourth-order valence-electron chi connectivity index (χ4n) is 2.92. The molecular weight excluding hydrogens is 515 g/mol. The highest BCUT2D eigenvalue weighted by atomic mass is 35.5. The molecule has 3 aromatic rings. The summed E-state index contributed by atoms with van der Waals surface area (Å²) in [6.45, 7) is 2.07. The number of benzene rings is 3. The Hall–Kier alpha value is -3.27. The van der Waals surface area contributed by atoms with Crippen LogP contribution in [-0.4, -0.2) is 33.4 Å². The molecule has 3 rings (SSSR count). The van der Waals surface area contributed by atoms with E-state index in [9.17, 15) is 18.0 Å². The van der Waals surface area contributed by atoms with Gasteiger partial charge < -0.3 is 14.8 Å². The molecule has 0 saturated heterocycles. The molecule has 0 unspecified atom stereocenters. The summed E-state index contributed by atoms with van der Waals surface area (Å²) in [6, 6.07) is 16.5. The second-order valence-electron chi connectivity index (χ2n) is 7.11. The van der Waals surface area contributed by atoms with Crippen molar-refractivity contribution in [1.29, 1.82) is 0 Å². The predicted molar refractivity (Wildman–Crippen MR) is 134 cm³/mol. The minimum Gasteiger partial charge on any atom is -0.466 e.